The van der Waals surface area contributed by atoms with E-state index in [1.807, 2.05) is 30.3 Å². The second-order valence-corrected chi connectivity index (χ2v) is 7.40. The van der Waals surface area contributed by atoms with E-state index in [9.17, 15) is 4.79 Å². The van der Waals surface area contributed by atoms with Crippen molar-refractivity contribution < 1.29 is 14.2 Å². The van der Waals surface area contributed by atoms with Gasteiger partial charge in [-0.1, -0.05) is 29.8 Å². The van der Waals surface area contributed by atoms with E-state index in [2.05, 4.69) is 10.4 Å². The molecule has 0 radical (unpaired) electrons. The maximum absolute atomic E-state index is 11.6. The number of nitrogens with two attached hydrogens (primary N) is 1. The number of nitrogens with one attached hydrogen (secondary N) is 2. The summed E-state index contributed by atoms with van der Waals surface area (Å²) in [6.07, 6.45) is 1.05. The molecule has 7 nitrogen and oxygen atoms in total. The number of anilines is 1. The number of carbonyl (C=O) groups excluding carboxylic acids is 1. The van der Waals surface area contributed by atoms with E-state index in [1.165, 1.54) is 16.4 Å². The molecule has 0 bridgehead atoms. The molecular weight excluding hydrogens is 386 g/mol. The van der Waals surface area contributed by atoms with Crippen molar-refractivity contribution in [3.8, 4) is 5.75 Å². The predicted molar refractivity (Wildman–Crippen MR) is 107 cm³/mol. The van der Waals surface area contributed by atoms with Gasteiger partial charge in [0.25, 0.3) is 11.1 Å². The van der Waals surface area contributed by atoms with Crippen LogP contribution in [0.5, 0.6) is 5.75 Å². The third-order valence-corrected chi connectivity index (χ3v) is 5.63. The largest absolute Gasteiger partial charge is 0.482 e. The third kappa shape index (κ3) is 3.29. The number of hydrazone groups is 1. The van der Waals surface area contributed by atoms with Crippen molar-refractivity contribution in [2.45, 2.75) is 5.25 Å². The molecule has 1 unspecified atom stereocenters. The minimum atomic E-state index is -0.256. The SMILES string of the molecule is N=C[N+]1=C(N)SC(c2ccccc2Cl)C(c2ccc3c(c2)NC(=O)CO3)=N1. The highest BCUT2D eigenvalue weighted by Crippen LogP contribution is 2.40. The van der Waals surface area contributed by atoms with Crippen molar-refractivity contribution >= 4 is 52.2 Å². The fourth-order valence-electron chi connectivity index (χ4n) is 2.89. The Morgan fingerprint density at radius 3 is 2.96 bits per heavy atom. The lowest BCUT2D eigenvalue weighted by Gasteiger charge is -2.24. The smallest absolute Gasteiger partial charge is 0.280 e. The number of hydrogen-bond donors (Lipinski definition) is 3. The highest BCUT2D eigenvalue weighted by Gasteiger charge is 2.32. The zero-order valence-electron chi connectivity index (χ0n) is 14.0. The molecule has 27 heavy (non-hydrogen) atoms. The van der Waals surface area contributed by atoms with Crippen LogP contribution in [0.3, 0.4) is 0 Å². The Balaban J connectivity index is 1.84. The van der Waals surface area contributed by atoms with Crippen molar-refractivity contribution in [1.82, 2.24) is 0 Å². The van der Waals surface area contributed by atoms with E-state index < -0.39 is 0 Å². The van der Waals surface area contributed by atoms with Crippen LogP contribution in [-0.2, 0) is 4.79 Å². The van der Waals surface area contributed by atoms with Gasteiger partial charge in [0.2, 0.25) is 6.34 Å². The Morgan fingerprint density at radius 2 is 2.19 bits per heavy atom. The predicted octanol–water partition coefficient (Wildman–Crippen LogP) is 2.80. The topological polar surface area (TPSA) is 104 Å². The molecule has 2 aromatic carbocycles. The lowest BCUT2D eigenvalue weighted by molar-refractivity contribution is -0.402. The Labute approximate surface area is 164 Å². The first kappa shape index (κ1) is 17.6. The van der Waals surface area contributed by atoms with Crippen LogP contribution in [0.1, 0.15) is 16.4 Å². The molecule has 136 valence electrons. The van der Waals surface area contributed by atoms with Crippen molar-refractivity contribution in [1.29, 1.82) is 5.41 Å². The molecule has 2 aromatic rings. The number of thioether (sulfide) groups is 1. The van der Waals surface area contributed by atoms with Gasteiger partial charge in [0.1, 0.15) is 11.5 Å². The molecule has 9 heteroatoms. The first-order valence-electron chi connectivity index (χ1n) is 8.05. The molecular formula is C18H15ClN5O2S+. The Kier molecular flexibility index (Phi) is 4.59. The molecule has 0 aromatic heterocycles. The number of hydrogen-bond acceptors (Lipinski definition) is 6. The molecule has 2 aliphatic rings. The summed E-state index contributed by atoms with van der Waals surface area (Å²) in [6.45, 7) is -0.00152. The highest BCUT2D eigenvalue weighted by atomic mass is 35.5. The summed E-state index contributed by atoms with van der Waals surface area (Å²) >= 11 is 7.77. The van der Waals surface area contributed by atoms with Crippen LogP contribution >= 0.6 is 23.4 Å². The van der Waals surface area contributed by atoms with Crippen LogP contribution in [0.2, 0.25) is 5.02 Å². The Hall–Kier alpha value is -2.84. The van der Waals surface area contributed by atoms with Gasteiger partial charge < -0.3 is 15.8 Å². The Morgan fingerprint density at radius 1 is 1.37 bits per heavy atom. The van der Waals surface area contributed by atoms with Crippen molar-refractivity contribution in [2.24, 2.45) is 10.8 Å². The maximum Gasteiger partial charge on any atom is 0.280 e. The molecule has 0 fully saturated rings. The average Bonchev–Trinajstić information content (AvgIpc) is 2.67. The first-order valence-corrected chi connectivity index (χ1v) is 9.31. The maximum atomic E-state index is 11.6. The van der Waals surface area contributed by atoms with Crippen LogP contribution in [-0.4, -0.2) is 34.4 Å². The number of amides is 1. The van der Waals surface area contributed by atoms with Crippen LogP contribution in [0, 0.1) is 5.41 Å². The zero-order chi connectivity index (χ0) is 19.0. The van der Waals surface area contributed by atoms with E-state index in [1.54, 1.807) is 12.1 Å². The van der Waals surface area contributed by atoms with Gasteiger partial charge in [-0.25, -0.2) is 0 Å². The summed E-state index contributed by atoms with van der Waals surface area (Å²) < 4.78 is 6.73. The molecule has 0 spiro atoms. The second-order valence-electron chi connectivity index (χ2n) is 5.86. The van der Waals surface area contributed by atoms with Crippen LogP contribution in [0.4, 0.5) is 5.69 Å². The molecule has 0 aliphatic carbocycles. The minimum Gasteiger partial charge on any atom is -0.482 e. The molecule has 1 amide bonds. The number of rotatable bonds is 3. The highest BCUT2D eigenvalue weighted by molar-refractivity contribution is 8.14. The minimum absolute atomic E-state index is 0.00152. The number of ether oxygens (including phenoxy) is 1. The first-order chi connectivity index (χ1) is 13.1. The van der Waals surface area contributed by atoms with Crippen LogP contribution in [0.25, 0.3) is 0 Å². The van der Waals surface area contributed by atoms with Crippen LogP contribution < -0.4 is 15.8 Å². The van der Waals surface area contributed by atoms with Crippen molar-refractivity contribution in [3.63, 3.8) is 0 Å². The van der Waals surface area contributed by atoms with E-state index in [0.717, 1.165) is 17.5 Å². The molecule has 4 rings (SSSR count). The number of benzene rings is 2. The summed E-state index contributed by atoms with van der Waals surface area (Å²) in [5.41, 5.74) is 8.96. The van der Waals surface area contributed by atoms with Gasteiger partial charge in [-0.05, 0) is 41.6 Å². The number of nitrogens with zero attached hydrogens (tertiary/aromatic N) is 2. The summed E-state index contributed by atoms with van der Waals surface area (Å²) in [5.74, 6) is 0.396. The Bertz CT molecular complexity index is 1020. The van der Waals surface area contributed by atoms with E-state index in [4.69, 9.17) is 27.5 Å². The quantitative estimate of drug-likeness (QED) is 0.418. The third-order valence-electron chi connectivity index (χ3n) is 4.15. The number of amidine groups is 1. The number of fused-ring (bicyclic) bond motifs is 1. The average molecular weight is 401 g/mol. The van der Waals surface area contributed by atoms with Gasteiger partial charge in [-0.2, -0.15) is 5.41 Å². The monoisotopic (exact) mass is 400 g/mol. The molecule has 0 saturated heterocycles. The normalized spacial score (nSPS) is 18.9. The fourth-order valence-corrected chi connectivity index (χ4v) is 4.27. The molecule has 0 saturated carbocycles. The standard InChI is InChI=1S/C18H14ClN5O2S/c19-12-4-2-1-3-11(12)17-16(23-24(9-20)18(21)27-17)10-5-6-14-13(7-10)22-15(25)8-26-14/h1-7,9,17,20-21H,8H2,(H,22,25)/p+1. The van der Waals surface area contributed by atoms with Gasteiger partial charge in [0, 0.05) is 10.6 Å². The van der Waals surface area contributed by atoms with Gasteiger partial charge in [-0.3, -0.25) is 4.79 Å². The van der Waals surface area contributed by atoms with Crippen LogP contribution in [0.15, 0.2) is 47.6 Å². The van der Waals surface area contributed by atoms with Gasteiger partial charge in [0.05, 0.1) is 10.9 Å². The van der Waals surface area contributed by atoms with E-state index in [-0.39, 0.29) is 17.8 Å². The summed E-state index contributed by atoms with van der Waals surface area (Å²) in [4.78, 5) is 11.6. The molecule has 4 N–H and O–H groups in total. The summed E-state index contributed by atoms with van der Waals surface area (Å²) in [5, 5.41) is 15.6. The fraction of sp³-hybridized carbons (Fsp3) is 0.111. The molecule has 1 atom stereocenters. The molecule has 2 aliphatic heterocycles. The van der Waals surface area contributed by atoms with Gasteiger partial charge >= 0.3 is 0 Å². The lowest BCUT2D eigenvalue weighted by Crippen LogP contribution is -2.31. The number of carbonyl (C=O) groups is 1. The van der Waals surface area contributed by atoms with E-state index >= 15 is 0 Å². The van der Waals surface area contributed by atoms with Crippen molar-refractivity contribution in [3.05, 3.63) is 58.6 Å². The van der Waals surface area contributed by atoms with E-state index in [0.29, 0.717) is 27.3 Å². The zero-order valence-corrected chi connectivity index (χ0v) is 15.6. The second kappa shape index (κ2) is 7.05. The lowest BCUT2D eigenvalue weighted by atomic mass is 10.0. The summed E-state index contributed by atoms with van der Waals surface area (Å²) in [7, 11) is 0. The molecule has 2 heterocycles. The summed E-state index contributed by atoms with van der Waals surface area (Å²) in [6, 6.07) is 13.0. The number of halogens is 1. The van der Waals surface area contributed by atoms with Gasteiger partial charge in [-0.15, -0.1) is 9.79 Å². The van der Waals surface area contributed by atoms with Crippen molar-refractivity contribution in [2.75, 3.05) is 11.9 Å². The van der Waals surface area contributed by atoms with Gasteiger partial charge in [0.15, 0.2) is 6.61 Å².